The number of hydrogen-bond donors (Lipinski definition) is 1. The summed E-state index contributed by atoms with van der Waals surface area (Å²) in [5, 5.41) is 2.95. The Morgan fingerprint density at radius 3 is 2.58 bits per heavy atom. The number of amides is 1. The van der Waals surface area contributed by atoms with Gasteiger partial charge in [0.1, 0.15) is 0 Å². The van der Waals surface area contributed by atoms with E-state index < -0.39 is 0 Å². The SMILES string of the molecule is CCc1ccc(NC(=O)c2ccccc2I)cc1C. The normalized spacial score (nSPS) is 10.3. The summed E-state index contributed by atoms with van der Waals surface area (Å²) >= 11 is 2.18. The van der Waals surface area contributed by atoms with Crippen molar-refractivity contribution in [2.75, 3.05) is 5.32 Å². The topological polar surface area (TPSA) is 29.1 Å². The van der Waals surface area contributed by atoms with Gasteiger partial charge in [0.15, 0.2) is 0 Å². The third-order valence-corrected chi connectivity index (χ3v) is 4.04. The lowest BCUT2D eigenvalue weighted by Crippen LogP contribution is -2.13. The maximum atomic E-state index is 12.2. The lowest BCUT2D eigenvalue weighted by molar-refractivity contribution is 0.102. The lowest BCUT2D eigenvalue weighted by atomic mass is 10.1. The smallest absolute Gasteiger partial charge is 0.256 e. The van der Waals surface area contributed by atoms with Gasteiger partial charge in [0.25, 0.3) is 5.91 Å². The Morgan fingerprint density at radius 2 is 1.95 bits per heavy atom. The van der Waals surface area contributed by atoms with E-state index in [-0.39, 0.29) is 5.91 Å². The Kier molecular flexibility index (Phi) is 4.58. The molecule has 0 spiro atoms. The molecule has 2 nitrogen and oxygen atoms in total. The molecular formula is C16H16INO. The molecule has 0 fully saturated rings. The summed E-state index contributed by atoms with van der Waals surface area (Å²) in [5.41, 5.74) is 4.08. The molecule has 3 heteroatoms. The summed E-state index contributed by atoms with van der Waals surface area (Å²) < 4.78 is 0.958. The van der Waals surface area contributed by atoms with Crippen molar-refractivity contribution in [1.29, 1.82) is 0 Å². The van der Waals surface area contributed by atoms with E-state index in [1.54, 1.807) is 0 Å². The van der Waals surface area contributed by atoms with Crippen LogP contribution in [0.2, 0.25) is 0 Å². The van der Waals surface area contributed by atoms with Gasteiger partial charge < -0.3 is 5.32 Å². The predicted molar refractivity (Wildman–Crippen MR) is 87.7 cm³/mol. The predicted octanol–water partition coefficient (Wildman–Crippen LogP) is 4.41. The van der Waals surface area contributed by atoms with Gasteiger partial charge >= 0.3 is 0 Å². The number of anilines is 1. The fourth-order valence-corrected chi connectivity index (χ4v) is 2.65. The molecule has 1 amide bonds. The van der Waals surface area contributed by atoms with Crippen LogP contribution >= 0.6 is 22.6 Å². The van der Waals surface area contributed by atoms with Crippen LogP contribution in [0.25, 0.3) is 0 Å². The van der Waals surface area contributed by atoms with Gasteiger partial charge in [-0.1, -0.05) is 25.1 Å². The molecule has 2 aromatic rings. The number of carbonyl (C=O) groups excluding carboxylic acids is 1. The van der Waals surface area contributed by atoms with Crippen LogP contribution in [-0.2, 0) is 6.42 Å². The van der Waals surface area contributed by atoms with Crippen LogP contribution in [-0.4, -0.2) is 5.91 Å². The minimum atomic E-state index is -0.0614. The van der Waals surface area contributed by atoms with E-state index >= 15 is 0 Å². The molecule has 0 aliphatic heterocycles. The molecule has 0 saturated carbocycles. The second-order valence-electron chi connectivity index (χ2n) is 4.43. The Bertz CT molecular complexity index is 607. The number of benzene rings is 2. The Morgan fingerprint density at radius 1 is 1.21 bits per heavy atom. The van der Waals surface area contributed by atoms with Gasteiger partial charge in [-0.25, -0.2) is 0 Å². The van der Waals surface area contributed by atoms with Crippen molar-refractivity contribution < 1.29 is 4.79 Å². The minimum Gasteiger partial charge on any atom is -0.322 e. The average molecular weight is 365 g/mol. The third kappa shape index (κ3) is 3.35. The maximum absolute atomic E-state index is 12.2. The molecular weight excluding hydrogens is 349 g/mol. The molecule has 0 atom stereocenters. The summed E-state index contributed by atoms with van der Waals surface area (Å²) in [5.74, 6) is -0.0614. The first kappa shape index (κ1) is 14.1. The molecule has 0 saturated heterocycles. The molecule has 2 aromatic carbocycles. The number of hydrogen-bond acceptors (Lipinski definition) is 1. The van der Waals surface area contributed by atoms with Gasteiger partial charge in [-0.3, -0.25) is 4.79 Å². The Labute approximate surface area is 127 Å². The first-order chi connectivity index (χ1) is 9.11. The summed E-state index contributed by atoms with van der Waals surface area (Å²) in [4.78, 5) is 12.2. The maximum Gasteiger partial charge on any atom is 0.256 e. The third-order valence-electron chi connectivity index (χ3n) is 3.10. The van der Waals surface area contributed by atoms with Gasteiger partial charge in [-0.15, -0.1) is 0 Å². The van der Waals surface area contributed by atoms with Crippen molar-refractivity contribution in [1.82, 2.24) is 0 Å². The molecule has 0 heterocycles. The zero-order valence-corrected chi connectivity index (χ0v) is 13.2. The zero-order chi connectivity index (χ0) is 13.8. The Hall–Kier alpha value is -1.36. The molecule has 98 valence electrons. The highest BCUT2D eigenvalue weighted by atomic mass is 127. The molecule has 1 N–H and O–H groups in total. The van der Waals surface area contributed by atoms with E-state index in [1.807, 2.05) is 36.4 Å². The zero-order valence-electron chi connectivity index (χ0n) is 11.0. The van der Waals surface area contributed by atoms with Crippen molar-refractivity contribution in [3.8, 4) is 0 Å². The molecule has 19 heavy (non-hydrogen) atoms. The first-order valence-electron chi connectivity index (χ1n) is 6.27. The van der Waals surface area contributed by atoms with Gasteiger partial charge in [0.05, 0.1) is 5.56 Å². The summed E-state index contributed by atoms with van der Waals surface area (Å²) in [6.45, 7) is 4.20. The van der Waals surface area contributed by atoms with E-state index in [9.17, 15) is 4.79 Å². The van der Waals surface area contributed by atoms with Crippen LogP contribution < -0.4 is 5.32 Å². The lowest BCUT2D eigenvalue weighted by Gasteiger charge is -2.09. The van der Waals surface area contributed by atoms with E-state index in [4.69, 9.17) is 0 Å². The number of rotatable bonds is 3. The second-order valence-corrected chi connectivity index (χ2v) is 5.59. The highest BCUT2D eigenvalue weighted by Gasteiger charge is 2.09. The van der Waals surface area contributed by atoms with Crippen LogP contribution in [0.4, 0.5) is 5.69 Å². The van der Waals surface area contributed by atoms with Gasteiger partial charge in [0.2, 0.25) is 0 Å². The molecule has 0 bridgehead atoms. The number of carbonyl (C=O) groups is 1. The van der Waals surface area contributed by atoms with Gasteiger partial charge in [-0.05, 0) is 71.3 Å². The monoisotopic (exact) mass is 365 g/mol. The van der Waals surface area contributed by atoms with E-state index in [2.05, 4.69) is 47.8 Å². The highest BCUT2D eigenvalue weighted by molar-refractivity contribution is 14.1. The number of nitrogens with one attached hydrogen (secondary N) is 1. The van der Waals surface area contributed by atoms with Crippen molar-refractivity contribution in [3.63, 3.8) is 0 Å². The van der Waals surface area contributed by atoms with E-state index in [0.29, 0.717) is 5.56 Å². The van der Waals surface area contributed by atoms with Crippen LogP contribution in [0.1, 0.15) is 28.4 Å². The van der Waals surface area contributed by atoms with Crippen molar-refractivity contribution >= 4 is 34.2 Å². The molecule has 0 unspecified atom stereocenters. The first-order valence-corrected chi connectivity index (χ1v) is 7.35. The molecule has 2 rings (SSSR count). The quantitative estimate of drug-likeness (QED) is 0.802. The minimum absolute atomic E-state index is 0.0614. The number of aryl methyl sites for hydroxylation is 2. The standard InChI is InChI=1S/C16H16INO/c1-3-12-8-9-13(10-11(12)2)18-16(19)14-6-4-5-7-15(14)17/h4-10H,3H2,1-2H3,(H,18,19). The summed E-state index contributed by atoms with van der Waals surface area (Å²) in [6.07, 6.45) is 1.01. The molecule has 0 aromatic heterocycles. The number of halogens is 1. The van der Waals surface area contributed by atoms with Crippen molar-refractivity contribution in [2.24, 2.45) is 0 Å². The fourth-order valence-electron chi connectivity index (χ4n) is 2.01. The van der Waals surface area contributed by atoms with E-state index in [1.165, 1.54) is 11.1 Å². The van der Waals surface area contributed by atoms with Gasteiger partial charge in [-0.2, -0.15) is 0 Å². The van der Waals surface area contributed by atoms with Crippen molar-refractivity contribution in [2.45, 2.75) is 20.3 Å². The van der Waals surface area contributed by atoms with Crippen LogP contribution in [0, 0.1) is 10.5 Å². The van der Waals surface area contributed by atoms with Crippen LogP contribution in [0.15, 0.2) is 42.5 Å². The highest BCUT2D eigenvalue weighted by Crippen LogP contribution is 2.18. The molecule has 0 aliphatic carbocycles. The largest absolute Gasteiger partial charge is 0.322 e. The average Bonchev–Trinajstić information content (AvgIpc) is 2.39. The molecule has 0 aliphatic rings. The summed E-state index contributed by atoms with van der Waals surface area (Å²) in [6, 6.07) is 13.6. The van der Waals surface area contributed by atoms with Gasteiger partial charge in [0, 0.05) is 9.26 Å². The van der Waals surface area contributed by atoms with Crippen LogP contribution in [0.3, 0.4) is 0 Å². The second kappa shape index (κ2) is 6.19. The van der Waals surface area contributed by atoms with E-state index in [0.717, 1.165) is 15.7 Å². The Balaban J connectivity index is 2.20. The fraction of sp³-hybridized carbons (Fsp3) is 0.188. The van der Waals surface area contributed by atoms with Crippen molar-refractivity contribution in [3.05, 3.63) is 62.7 Å². The summed E-state index contributed by atoms with van der Waals surface area (Å²) in [7, 11) is 0. The molecule has 0 radical (unpaired) electrons. The van der Waals surface area contributed by atoms with Crippen LogP contribution in [0.5, 0.6) is 0 Å².